The Morgan fingerprint density at radius 1 is 1.38 bits per heavy atom. The van der Waals surface area contributed by atoms with Gasteiger partial charge in [0.1, 0.15) is 0 Å². The van der Waals surface area contributed by atoms with E-state index in [0.29, 0.717) is 31.5 Å². The van der Waals surface area contributed by atoms with Crippen LogP contribution in [0.3, 0.4) is 0 Å². The van der Waals surface area contributed by atoms with Gasteiger partial charge in [0.15, 0.2) is 5.79 Å². The van der Waals surface area contributed by atoms with Crippen molar-refractivity contribution in [2.24, 2.45) is 16.9 Å². The first-order valence-electron chi connectivity index (χ1n) is 9.43. The normalized spacial score (nSPS) is 29.8. The molecular formula is C19H30N2O3. The van der Waals surface area contributed by atoms with E-state index in [-0.39, 0.29) is 5.91 Å². The van der Waals surface area contributed by atoms with Gasteiger partial charge in [-0.25, -0.2) is 5.43 Å². The number of carbonyl (C=O) groups is 1. The third-order valence-electron chi connectivity index (χ3n) is 5.60. The fourth-order valence-corrected chi connectivity index (χ4v) is 4.10. The summed E-state index contributed by atoms with van der Waals surface area (Å²) in [4.78, 5) is 12.1. The molecule has 134 valence electrons. The Morgan fingerprint density at radius 3 is 2.96 bits per heavy atom. The molecule has 3 aliphatic rings. The van der Waals surface area contributed by atoms with E-state index >= 15 is 0 Å². The van der Waals surface area contributed by atoms with Crippen LogP contribution in [0.1, 0.15) is 64.7 Å². The number of carbonyl (C=O) groups excluding carboxylic acids is 1. The molecule has 1 spiro atoms. The summed E-state index contributed by atoms with van der Waals surface area (Å²) >= 11 is 0. The Balaban J connectivity index is 1.40. The zero-order chi connectivity index (χ0) is 16.8. The van der Waals surface area contributed by atoms with Crippen molar-refractivity contribution in [1.82, 2.24) is 5.43 Å². The van der Waals surface area contributed by atoms with E-state index in [2.05, 4.69) is 23.5 Å². The predicted octanol–water partition coefficient (Wildman–Crippen LogP) is 3.55. The van der Waals surface area contributed by atoms with Crippen LogP contribution in [0.2, 0.25) is 0 Å². The molecule has 3 rings (SSSR count). The third kappa shape index (κ3) is 4.45. The van der Waals surface area contributed by atoms with E-state index in [1.54, 1.807) is 0 Å². The topological polar surface area (TPSA) is 59.9 Å². The summed E-state index contributed by atoms with van der Waals surface area (Å²) in [6.45, 7) is 3.54. The number of ether oxygens (including phenoxy) is 2. The highest BCUT2D eigenvalue weighted by atomic mass is 16.7. The molecule has 1 N–H and O–H groups in total. The average Bonchev–Trinajstić information content (AvgIpc) is 3.05. The number of hydrazone groups is 1. The fourth-order valence-electron chi connectivity index (χ4n) is 4.10. The van der Waals surface area contributed by atoms with Gasteiger partial charge < -0.3 is 9.47 Å². The van der Waals surface area contributed by atoms with E-state index in [4.69, 9.17) is 9.47 Å². The van der Waals surface area contributed by atoms with Crippen molar-refractivity contribution in [3.05, 3.63) is 11.6 Å². The molecule has 0 unspecified atom stereocenters. The largest absolute Gasteiger partial charge is 0.347 e. The van der Waals surface area contributed by atoms with Gasteiger partial charge in [-0.15, -0.1) is 0 Å². The smallest absolute Gasteiger partial charge is 0.240 e. The second kappa shape index (κ2) is 8.26. The predicted molar refractivity (Wildman–Crippen MR) is 93.6 cm³/mol. The van der Waals surface area contributed by atoms with E-state index in [0.717, 1.165) is 44.9 Å². The Labute approximate surface area is 144 Å². The van der Waals surface area contributed by atoms with E-state index in [9.17, 15) is 4.79 Å². The molecule has 2 fully saturated rings. The van der Waals surface area contributed by atoms with Gasteiger partial charge in [0.05, 0.1) is 13.2 Å². The lowest BCUT2D eigenvalue weighted by Gasteiger charge is -2.39. The molecule has 0 aromatic carbocycles. The van der Waals surface area contributed by atoms with Crippen molar-refractivity contribution >= 4 is 12.1 Å². The van der Waals surface area contributed by atoms with Gasteiger partial charge in [-0.1, -0.05) is 18.1 Å². The first-order chi connectivity index (χ1) is 11.7. The van der Waals surface area contributed by atoms with Gasteiger partial charge >= 0.3 is 0 Å². The Bertz CT molecular complexity index is 495. The summed E-state index contributed by atoms with van der Waals surface area (Å²) in [6, 6.07) is 0. The Kier molecular flexibility index (Phi) is 6.06. The summed E-state index contributed by atoms with van der Waals surface area (Å²) in [6.07, 6.45) is 13.2. The number of amides is 1. The van der Waals surface area contributed by atoms with Crippen LogP contribution in [0.4, 0.5) is 0 Å². The van der Waals surface area contributed by atoms with Crippen LogP contribution in [0.15, 0.2) is 16.8 Å². The molecule has 0 aromatic rings. The van der Waals surface area contributed by atoms with Crippen molar-refractivity contribution < 1.29 is 14.3 Å². The minimum absolute atomic E-state index is 0.00694. The van der Waals surface area contributed by atoms with E-state index in [1.165, 1.54) is 12.0 Å². The summed E-state index contributed by atoms with van der Waals surface area (Å²) in [7, 11) is 0. The molecule has 1 amide bonds. The highest BCUT2D eigenvalue weighted by Gasteiger charge is 2.45. The van der Waals surface area contributed by atoms with Gasteiger partial charge in [-0.2, -0.15) is 5.10 Å². The highest BCUT2D eigenvalue weighted by molar-refractivity contribution is 5.76. The van der Waals surface area contributed by atoms with Crippen LogP contribution < -0.4 is 5.43 Å². The number of hydrogen-bond acceptors (Lipinski definition) is 4. The van der Waals surface area contributed by atoms with Crippen molar-refractivity contribution in [2.45, 2.75) is 70.5 Å². The number of hydrogen-bond donors (Lipinski definition) is 1. The van der Waals surface area contributed by atoms with Gasteiger partial charge in [-0.3, -0.25) is 4.79 Å². The summed E-state index contributed by atoms with van der Waals surface area (Å²) in [5, 5.41) is 4.16. The molecule has 0 aromatic heterocycles. The second-order valence-corrected chi connectivity index (χ2v) is 7.39. The molecular weight excluding hydrogens is 304 g/mol. The zero-order valence-electron chi connectivity index (χ0n) is 14.8. The van der Waals surface area contributed by atoms with Crippen LogP contribution in [-0.2, 0) is 14.3 Å². The van der Waals surface area contributed by atoms with Gasteiger partial charge in [0.2, 0.25) is 5.91 Å². The average molecular weight is 334 g/mol. The summed E-state index contributed by atoms with van der Waals surface area (Å²) in [5.41, 5.74) is 4.15. The second-order valence-electron chi connectivity index (χ2n) is 7.39. The van der Waals surface area contributed by atoms with Crippen molar-refractivity contribution in [3.8, 4) is 0 Å². The van der Waals surface area contributed by atoms with Gasteiger partial charge in [-0.05, 0) is 51.4 Å². The van der Waals surface area contributed by atoms with Crippen LogP contribution >= 0.6 is 0 Å². The Hall–Kier alpha value is -1.20. The molecule has 24 heavy (non-hydrogen) atoms. The number of nitrogens with zero attached hydrogens (tertiary/aromatic N) is 1. The number of nitrogens with one attached hydrogen (secondary N) is 1. The minimum atomic E-state index is -0.409. The molecule has 1 aliphatic heterocycles. The molecule has 0 radical (unpaired) electrons. The van der Waals surface area contributed by atoms with E-state index in [1.807, 2.05) is 6.21 Å². The lowest BCUT2D eigenvalue weighted by atomic mass is 9.80. The lowest BCUT2D eigenvalue weighted by molar-refractivity contribution is -0.213. The fraction of sp³-hybridized carbons (Fsp3) is 0.789. The molecule has 0 bridgehead atoms. The first-order valence-corrected chi connectivity index (χ1v) is 9.43. The molecule has 1 saturated heterocycles. The maximum atomic E-state index is 12.1. The monoisotopic (exact) mass is 334 g/mol. The molecule has 2 atom stereocenters. The van der Waals surface area contributed by atoms with Crippen LogP contribution in [0.5, 0.6) is 0 Å². The molecule has 1 saturated carbocycles. The van der Waals surface area contributed by atoms with E-state index < -0.39 is 5.79 Å². The number of rotatable bonds is 5. The maximum Gasteiger partial charge on any atom is 0.240 e. The SMILES string of the molecule is CC1=CC[C@H](/C=N\NC(=O)CC[C@H]2CCCCC23OCCO3)CC1. The molecule has 2 aliphatic carbocycles. The highest BCUT2D eigenvalue weighted by Crippen LogP contribution is 2.42. The van der Waals surface area contributed by atoms with Crippen LogP contribution in [0.25, 0.3) is 0 Å². The molecule has 1 heterocycles. The van der Waals surface area contributed by atoms with Crippen LogP contribution in [-0.4, -0.2) is 31.1 Å². The third-order valence-corrected chi connectivity index (χ3v) is 5.60. The molecule has 5 heteroatoms. The van der Waals surface area contributed by atoms with Crippen molar-refractivity contribution in [2.75, 3.05) is 13.2 Å². The lowest BCUT2D eigenvalue weighted by Crippen LogP contribution is -2.42. The van der Waals surface area contributed by atoms with Gasteiger partial charge in [0, 0.05) is 25.0 Å². The standard InChI is InChI=1S/C19H30N2O3/c1-15-5-7-16(8-6-15)14-20-21-18(22)10-9-17-4-2-3-11-19(17)23-12-13-24-19/h5,14,16-17H,2-4,6-13H2,1H3,(H,21,22)/b20-14-/t16-,17+/m0/s1. The minimum Gasteiger partial charge on any atom is -0.347 e. The number of allylic oxidation sites excluding steroid dienone is 2. The van der Waals surface area contributed by atoms with Crippen LogP contribution in [0, 0.1) is 11.8 Å². The van der Waals surface area contributed by atoms with Crippen molar-refractivity contribution in [1.29, 1.82) is 0 Å². The quantitative estimate of drug-likeness (QED) is 0.475. The molecule has 5 nitrogen and oxygen atoms in total. The Morgan fingerprint density at radius 2 is 2.21 bits per heavy atom. The first kappa shape index (κ1) is 17.6. The van der Waals surface area contributed by atoms with Crippen molar-refractivity contribution in [3.63, 3.8) is 0 Å². The summed E-state index contributed by atoms with van der Waals surface area (Å²) in [5.74, 6) is 0.368. The summed E-state index contributed by atoms with van der Waals surface area (Å²) < 4.78 is 11.8. The maximum absolute atomic E-state index is 12.1. The van der Waals surface area contributed by atoms with Gasteiger partial charge in [0.25, 0.3) is 0 Å². The zero-order valence-corrected chi connectivity index (χ0v) is 14.8.